The van der Waals surface area contributed by atoms with Crippen LogP contribution < -0.4 is 5.32 Å². The van der Waals surface area contributed by atoms with Gasteiger partial charge in [-0.2, -0.15) is 5.10 Å². The smallest absolute Gasteiger partial charge is 0.275 e. The van der Waals surface area contributed by atoms with Crippen molar-refractivity contribution in [2.75, 3.05) is 5.32 Å². The Balaban J connectivity index is 1.75. The largest absolute Gasteiger partial charge is 0.305 e. The van der Waals surface area contributed by atoms with Gasteiger partial charge in [-0.1, -0.05) is 34.1 Å². The maximum Gasteiger partial charge on any atom is 0.275 e. The molecule has 2 heterocycles. The SMILES string of the molecule is O=C(Nc1ccnn1Cc1ccc(Br)cc1)c1ccccn1. The average molecular weight is 357 g/mol. The van der Waals surface area contributed by atoms with Crippen molar-refractivity contribution in [3.8, 4) is 0 Å². The lowest BCUT2D eigenvalue weighted by Gasteiger charge is -2.09. The molecule has 6 heteroatoms. The number of hydrogen-bond acceptors (Lipinski definition) is 3. The van der Waals surface area contributed by atoms with E-state index in [0.717, 1.165) is 10.0 Å². The monoisotopic (exact) mass is 356 g/mol. The summed E-state index contributed by atoms with van der Waals surface area (Å²) in [6.07, 6.45) is 3.25. The van der Waals surface area contributed by atoms with Gasteiger partial charge in [-0.3, -0.25) is 9.78 Å². The maximum absolute atomic E-state index is 12.1. The number of nitrogens with zero attached hydrogens (tertiary/aromatic N) is 3. The first-order chi connectivity index (χ1) is 10.7. The molecule has 1 aromatic carbocycles. The van der Waals surface area contributed by atoms with Gasteiger partial charge in [-0.25, -0.2) is 4.68 Å². The predicted octanol–water partition coefficient (Wildman–Crippen LogP) is 3.34. The summed E-state index contributed by atoms with van der Waals surface area (Å²) in [5.74, 6) is 0.386. The Labute approximate surface area is 136 Å². The Morgan fingerprint density at radius 2 is 1.91 bits per heavy atom. The zero-order valence-electron chi connectivity index (χ0n) is 11.6. The van der Waals surface area contributed by atoms with E-state index in [2.05, 4.69) is 31.3 Å². The summed E-state index contributed by atoms with van der Waals surface area (Å²) < 4.78 is 2.77. The number of hydrogen-bond donors (Lipinski definition) is 1. The highest BCUT2D eigenvalue weighted by Gasteiger charge is 2.10. The maximum atomic E-state index is 12.1. The second kappa shape index (κ2) is 6.53. The van der Waals surface area contributed by atoms with Gasteiger partial charge in [0.2, 0.25) is 0 Å². The minimum atomic E-state index is -0.252. The van der Waals surface area contributed by atoms with Crippen molar-refractivity contribution >= 4 is 27.7 Å². The average Bonchev–Trinajstić information content (AvgIpc) is 2.97. The number of pyridine rings is 1. The van der Waals surface area contributed by atoms with Crippen LogP contribution in [0.5, 0.6) is 0 Å². The van der Waals surface area contributed by atoms with Crippen molar-refractivity contribution < 1.29 is 4.79 Å². The van der Waals surface area contributed by atoms with Crippen molar-refractivity contribution in [2.24, 2.45) is 0 Å². The summed E-state index contributed by atoms with van der Waals surface area (Å²) in [5.41, 5.74) is 1.47. The Kier molecular flexibility index (Phi) is 4.29. The molecule has 3 rings (SSSR count). The number of carbonyl (C=O) groups is 1. The van der Waals surface area contributed by atoms with Crippen LogP contribution in [0.2, 0.25) is 0 Å². The quantitative estimate of drug-likeness (QED) is 0.779. The molecular weight excluding hydrogens is 344 g/mol. The van der Waals surface area contributed by atoms with Crippen molar-refractivity contribution in [1.29, 1.82) is 0 Å². The van der Waals surface area contributed by atoms with E-state index in [1.807, 2.05) is 24.3 Å². The third-order valence-corrected chi connectivity index (χ3v) is 3.63. The van der Waals surface area contributed by atoms with Crippen molar-refractivity contribution in [1.82, 2.24) is 14.8 Å². The normalized spacial score (nSPS) is 10.4. The molecule has 0 fully saturated rings. The zero-order valence-corrected chi connectivity index (χ0v) is 13.2. The molecule has 0 radical (unpaired) electrons. The second-order valence-corrected chi connectivity index (χ2v) is 5.59. The van der Waals surface area contributed by atoms with Crippen LogP contribution in [0.1, 0.15) is 16.1 Å². The highest BCUT2D eigenvalue weighted by Crippen LogP contribution is 2.14. The minimum absolute atomic E-state index is 0.252. The lowest BCUT2D eigenvalue weighted by atomic mass is 10.2. The van der Waals surface area contributed by atoms with E-state index in [0.29, 0.717) is 18.1 Å². The molecule has 0 saturated carbocycles. The van der Waals surface area contributed by atoms with Gasteiger partial charge in [0.05, 0.1) is 12.7 Å². The first-order valence-electron chi connectivity index (χ1n) is 6.71. The molecule has 0 saturated heterocycles. The predicted molar refractivity (Wildman–Crippen MR) is 87.7 cm³/mol. The van der Waals surface area contributed by atoms with Gasteiger partial charge in [-0.15, -0.1) is 0 Å². The molecule has 110 valence electrons. The highest BCUT2D eigenvalue weighted by atomic mass is 79.9. The van der Waals surface area contributed by atoms with Crippen LogP contribution in [0, 0.1) is 0 Å². The number of halogens is 1. The molecule has 1 amide bonds. The molecule has 22 heavy (non-hydrogen) atoms. The number of amides is 1. The van der Waals surface area contributed by atoms with E-state index < -0.39 is 0 Å². The number of aromatic nitrogens is 3. The van der Waals surface area contributed by atoms with Crippen molar-refractivity contribution in [3.05, 3.63) is 76.7 Å². The molecular formula is C16H13BrN4O. The summed E-state index contributed by atoms with van der Waals surface area (Å²) in [7, 11) is 0. The Morgan fingerprint density at radius 1 is 1.09 bits per heavy atom. The van der Waals surface area contributed by atoms with Crippen LogP contribution in [0.25, 0.3) is 0 Å². The third-order valence-electron chi connectivity index (χ3n) is 3.10. The Morgan fingerprint density at radius 3 is 2.64 bits per heavy atom. The van der Waals surface area contributed by atoms with Gasteiger partial charge in [-0.05, 0) is 29.8 Å². The summed E-state index contributed by atoms with van der Waals surface area (Å²) in [6, 6.07) is 15.0. The molecule has 0 spiro atoms. The fourth-order valence-electron chi connectivity index (χ4n) is 2.01. The molecule has 0 aliphatic carbocycles. The van der Waals surface area contributed by atoms with Crippen LogP contribution >= 0.6 is 15.9 Å². The van der Waals surface area contributed by atoms with Gasteiger partial charge in [0, 0.05) is 16.7 Å². The fourth-order valence-corrected chi connectivity index (χ4v) is 2.27. The first-order valence-corrected chi connectivity index (χ1v) is 7.50. The lowest BCUT2D eigenvalue weighted by molar-refractivity contribution is 0.102. The number of anilines is 1. The van der Waals surface area contributed by atoms with E-state index in [1.54, 1.807) is 41.3 Å². The number of benzene rings is 1. The molecule has 0 aliphatic rings. The standard InChI is InChI=1S/C16H13BrN4O/c17-13-6-4-12(5-7-13)11-21-15(8-10-19-21)20-16(22)14-3-1-2-9-18-14/h1-10H,11H2,(H,20,22). The first kappa shape index (κ1) is 14.5. The fraction of sp³-hybridized carbons (Fsp3) is 0.0625. The summed E-state index contributed by atoms with van der Waals surface area (Å²) in [4.78, 5) is 16.2. The van der Waals surface area contributed by atoms with E-state index in [1.165, 1.54) is 0 Å². The van der Waals surface area contributed by atoms with Crippen LogP contribution in [0.4, 0.5) is 5.82 Å². The van der Waals surface area contributed by atoms with Crippen molar-refractivity contribution in [3.63, 3.8) is 0 Å². The summed E-state index contributed by atoms with van der Waals surface area (Å²) in [6.45, 7) is 0.581. The lowest BCUT2D eigenvalue weighted by Crippen LogP contribution is -2.17. The summed E-state index contributed by atoms with van der Waals surface area (Å²) in [5, 5.41) is 7.08. The molecule has 2 aromatic heterocycles. The topological polar surface area (TPSA) is 59.8 Å². The Hall–Kier alpha value is -2.47. The zero-order chi connectivity index (χ0) is 15.4. The molecule has 0 atom stereocenters. The molecule has 1 N–H and O–H groups in total. The highest BCUT2D eigenvalue weighted by molar-refractivity contribution is 9.10. The van der Waals surface area contributed by atoms with Crippen LogP contribution in [0.3, 0.4) is 0 Å². The Bertz CT molecular complexity index is 768. The second-order valence-electron chi connectivity index (χ2n) is 4.67. The minimum Gasteiger partial charge on any atom is -0.305 e. The molecule has 0 unspecified atom stereocenters. The van der Waals surface area contributed by atoms with Gasteiger partial charge < -0.3 is 5.32 Å². The van der Waals surface area contributed by atoms with Gasteiger partial charge in [0.1, 0.15) is 11.5 Å². The van der Waals surface area contributed by atoms with E-state index >= 15 is 0 Å². The van der Waals surface area contributed by atoms with Gasteiger partial charge in [0.25, 0.3) is 5.91 Å². The number of carbonyl (C=O) groups excluding carboxylic acids is 1. The van der Waals surface area contributed by atoms with Crippen LogP contribution in [-0.4, -0.2) is 20.7 Å². The van der Waals surface area contributed by atoms with E-state index in [4.69, 9.17) is 0 Å². The number of rotatable bonds is 4. The molecule has 5 nitrogen and oxygen atoms in total. The van der Waals surface area contributed by atoms with Crippen LogP contribution in [0.15, 0.2) is 65.4 Å². The van der Waals surface area contributed by atoms with E-state index in [9.17, 15) is 4.79 Å². The van der Waals surface area contributed by atoms with Gasteiger partial charge in [0.15, 0.2) is 0 Å². The third kappa shape index (κ3) is 3.40. The molecule has 0 bridgehead atoms. The number of nitrogens with one attached hydrogen (secondary N) is 1. The van der Waals surface area contributed by atoms with E-state index in [-0.39, 0.29) is 5.91 Å². The van der Waals surface area contributed by atoms with Crippen LogP contribution in [-0.2, 0) is 6.54 Å². The summed E-state index contributed by atoms with van der Waals surface area (Å²) >= 11 is 3.41. The molecule has 0 aliphatic heterocycles. The molecule has 3 aromatic rings. The van der Waals surface area contributed by atoms with Crippen molar-refractivity contribution in [2.45, 2.75) is 6.54 Å². The van der Waals surface area contributed by atoms with Gasteiger partial charge >= 0.3 is 0 Å².